The van der Waals surface area contributed by atoms with Crippen LogP contribution in [0.4, 0.5) is 0 Å². The summed E-state index contributed by atoms with van der Waals surface area (Å²) < 4.78 is 26.3. The Hall–Kier alpha value is -4.70. The number of ether oxygens (including phenoxy) is 4. The maximum absolute atomic E-state index is 14.3. The largest absolute Gasteiger partial charge is 0.507 e. The number of phenolic OH excluding ortho intramolecular Hbond substituents is 1. The van der Waals surface area contributed by atoms with Gasteiger partial charge in [-0.15, -0.1) is 23.2 Å². The van der Waals surface area contributed by atoms with Crippen LogP contribution in [-0.4, -0.2) is 78.3 Å². The van der Waals surface area contributed by atoms with Crippen molar-refractivity contribution in [1.82, 2.24) is 23.5 Å². The Morgan fingerprint density at radius 1 is 0.870 bits per heavy atom. The summed E-state index contributed by atoms with van der Waals surface area (Å²) in [5.74, 6) is -2.85. The fourth-order valence-corrected chi connectivity index (χ4v) is 9.29. The highest BCUT2D eigenvalue weighted by molar-refractivity contribution is 6.66. The Balaban J connectivity index is 1.36. The first-order valence-corrected chi connectivity index (χ1v) is 17.8. The van der Waals surface area contributed by atoms with Crippen LogP contribution in [-0.2, 0) is 36.1 Å². The second kappa shape index (κ2) is 13.3. The molecule has 19 heteroatoms. The Bertz CT molecular complexity index is 2570. The van der Waals surface area contributed by atoms with E-state index in [0.29, 0.717) is 22.5 Å². The number of aromatic hydroxyl groups is 1. The van der Waals surface area contributed by atoms with E-state index in [9.17, 15) is 29.1 Å². The summed E-state index contributed by atoms with van der Waals surface area (Å²) in [5, 5.41) is 10.1. The van der Waals surface area contributed by atoms with E-state index in [0.717, 1.165) is 13.9 Å². The van der Waals surface area contributed by atoms with E-state index >= 15 is 0 Å². The number of hydrogen-bond acceptors (Lipinski definition) is 11. The molecule has 0 saturated heterocycles. The summed E-state index contributed by atoms with van der Waals surface area (Å²) in [5.41, 5.74) is -0.787. The van der Waals surface area contributed by atoms with E-state index in [1.54, 1.807) is 25.3 Å². The lowest BCUT2D eigenvalue weighted by Gasteiger charge is -2.54. The number of Topliss-reactive ketones (excluding diaryl/α,β-unsaturated/α-hetero) is 2. The van der Waals surface area contributed by atoms with Crippen molar-refractivity contribution in [2.24, 2.45) is 7.05 Å². The second-order valence-corrected chi connectivity index (χ2v) is 14.9. The lowest BCUT2D eigenvalue weighted by Crippen LogP contribution is -2.67. The molecule has 284 valence electrons. The quantitative estimate of drug-likeness (QED) is 0.204. The summed E-state index contributed by atoms with van der Waals surface area (Å²) >= 11 is 27.1. The van der Waals surface area contributed by atoms with Gasteiger partial charge >= 0.3 is 11.4 Å². The van der Waals surface area contributed by atoms with Crippen LogP contribution in [0.25, 0.3) is 11.0 Å². The number of phenols is 1. The minimum absolute atomic E-state index is 0.0165. The van der Waals surface area contributed by atoms with Crippen LogP contribution in [0, 0.1) is 0 Å². The van der Waals surface area contributed by atoms with Gasteiger partial charge in [0.1, 0.15) is 42.8 Å². The molecule has 4 atom stereocenters. The molecular formula is C35H31Cl4N5O10. The molecule has 3 heterocycles. The van der Waals surface area contributed by atoms with E-state index in [2.05, 4.69) is 4.98 Å². The summed E-state index contributed by atoms with van der Waals surface area (Å²) in [6.45, 7) is -0.438. The number of ketones is 2. The molecule has 0 radical (unpaired) electrons. The maximum atomic E-state index is 14.3. The van der Waals surface area contributed by atoms with Gasteiger partial charge in [-0.25, -0.2) is 28.5 Å². The molecular weight excluding hydrogens is 792 g/mol. The predicted molar refractivity (Wildman–Crippen MR) is 198 cm³/mol. The van der Waals surface area contributed by atoms with Gasteiger partial charge in [-0.3, -0.25) is 14.4 Å². The second-order valence-electron chi connectivity index (χ2n) is 12.9. The van der Waals surface area contributed by atoms with Crippen LogP contribution in [0.3, 0.4) is 0 Å². The fourth-order valence-electron chi connectivity index (χ4n) is 7.78. The monoisotopic (exact) mass is 821 g/mol. The van der Waals surface area contributed by atoms with Crippen molar-refractivity contribution in [1.29, 1.82) is 0 Å². The number of allylic oxidation sites excluding steroid dienone is 4. The number of aryl methyl sites for hydroxylation is 2. The van der Waals surface area contributed by atoms with Gasteiger partial charge in [-0.05, 0) is 5.57 Å². The molecule has 4 aromatic rings. The first kappa shape index (κ1) is 37.6. The lowest BCUT2D eigenvalue weighted by molar-refractivity contribution is -0.128. The Kier molecular flexibility index (Phi) is 9.23. The normalized spacial score (nSPS) is 23.5. The van der Waals surface area contributed by atoms with E-state index in [1.165, 1.54) is 45.1 Å². The molecule has 0 spiro atoms. The number of methoxy groups -OCH3 is 4. The number of benzene rings is 2. The molecule has 1 aliphatic heterocycles. The van der Waals surface area contributed by atoms with Gasteiger partial charge in [-0.1, -0.05) is 29.3 Å². The van der Waals surface area contributed by atoms with Gasteiger partial charge in [0.2, 0.25) is 0 Å². The van der Waals surface area contributed by atoms with Gasteiger partial charge in [0.15, 0.2) is 23.1 Å². The topological polar surface area (TPSA) is 175 Å². The summed E-state index contributed by atoms with van der Waals surface area (Å²) in [6, 6.07) is 4.76. The number of hydrogen-bond donors (Lipinski definition) is 1. The van der Waals surface area contributed by atoms with Crippen LogP contribution < -0.4 is 35.9 Å². The van der Waals surface area contributed by atoms with Crippen LogP contribution >= 0.6 is 46.4 Å². The van der Waals surface area contributed by atoms with Crippen LogP contribution in [0.15, 0.2) is 60.4 Å². The fraction of sp³-hybridized carbons (Fsp3) is 0.371. The summed E-state index contributed by atoms with van der Waals surface area (Å²) in [7, 11) is 7.18. The number of nitrogens with zero attached hydrogens (tertiary/aromatic N) is 5. The molecule has 1 N–H and O–H groups in total. The third-order valence-electron chi connectivity index (χ3n) is 10.4. The molecule has 1 saturated carbocycles. The van der Waals surface area contributed by atoms with Crippen molar-refractivity contribution in [3.63, 3.8) is 0 Å². The SMILES string of the molecule is COc1cc(O)c([C@H]2C3=CCn4c(=O)n(CCc5nc6cc(OC)c(OC)cc6n(C)c5=O)c(=O)n4[C@@H]3C[C@@]3(Cl)C(=O)C(Cl)=C(Cl)C(=O)[C@@]23Cl)c(OC)c1. The van der Waals surface area contributed by atoms with Gasteiger partial charge in [0, 0.05) is 62.2 Å². The summed E-state index contributed by atoms with van der Waals surface area (Å²) in [6.07, 6.45) is 0.987. The molecule has 1 fully saturated rings. The van der Waals surface area contributed by atoms with Crippen molar-refractivity contribution in [2.45, 2.75) is 47.6 Å². The van der Waals surface area contributed by atoms with Gasteiger partial charge in [0.25, 0.3) is 5.56 Å². The molecule has 0 bridgehead atoms. The smallest absolute Gasteiger partial charge is 0.347 e. The molecule has 3 aliphatic rings. The van der Waals surface area contributed by atoms with E-state index in [4.69, 9.17) is 65.4 Å². The highest BCUT2D eigenvalue weighted by atomic mass is 35.5. The average Bonchev–Trinajstić information content (AvgIpc) is 3.41. The van der Waals surface area contributed by atoms with Crippen molar-refractivity contribution in [2.75, 3.05) is 28.4 Å². The third-order valence-corrected chi connectivity index (χ3v) is 12.7. The first-order chi connectivity index (χ1) is 25.6. The minimum Gasteiger partial charge on any atom is -0.507 e. The van der Waals surface area contributed by atoms with Gasteiger partial charge in [-0.2, -0.15) is 0 Å². The molecule has 2 aromatic carbocycles. The zero-order valence-electron chi connectivity index (χ0n) is 29.2. The van der Waals surface area contributed by atoms with Crippen molar-refractivity contribution < 1.29 is 33.6 Å². The van der Waals surface area contributed by atoms with Gasteiger partial charge in [0.05, 0.1) is 52.1 Å². The Labute approximate surface area is 325 Å². The van der Waals surface area contributed by atoms with Crippen molar-refractivity contribution in [3.8, 4) is 28.7 Å². The van der Waals surface area contributed by atoms with Crippen LogP contribution in [0.5, 0.6) is 28.7 Å². The maximum Gasteiger partial charge on any atom is 0.347 e. The highest BCUT2D eigenvalue weighted by Gasteiger charge is 2.72. The molecule has 2 aliphatic carbocycles. The number of carbonyl (C=O) groups is 2. The Morgan fingerprint density at radius 2 is 1.52 bits per heavy atom. The number of aromatic nitrogens is 5. The zero-order valence-corrected chi connectivity index (χ0v) is 32.3. The zero-order chi connectivity index (χ0) is 39.2. The predicted octanol–water partition coefficient (Wildman–Crippen LogP) is 3.51. The van der Waals surface area contributed by atoms with E-state index < -0.39 is 72.4 Å². The molecule has 54 heavy (non-hydrogen) atoms. The molecule has 0 unspecified atom stereocenters. The number of fused-ring (bicyclic) bond motifs is 5. The number of halogens is 4. The van der Waals surface area contributed by atoms with Crippen LogP contribution in [0.2, 0.25) is 0 Å². The van der Waals surface area contributed by atoms with E-state index in [1.807, 2.05) is 0 Å². The number of rotatable bonds is 8. The van der Waals surface area contributed by atoms with Gasteiger partial charge < -0.3 is 28.6 Å². The summed E-state index contributed by atoms with van der Waals surface area (Å²) in [4.78, 5) is 69.5. The van der Waals surface area contributed by atoms with Crippen LogP contribution in [0.1, 0.15) is 29.6 Å². The first-order valence-electron chi connectivity index (χ1n) is 16.3. The van der Waals surface area contributed by atoms with Crippen molar-refractivity contribution >= 4 is 69.0 Å². The molecule has 2 aromatic heterocycles. The molecule has 7 rings (SSSR count). The third kappa shape index (κ3) is 5.08. The van der Waals surface area contributed by atoms with E-state index in [-0.39, 0.29) is 47.8 Å². The Morgan fingerprint density at radius 3 is 2.17 bits per heavy atom. The average molecular weight is 823 g/mol. The molecule has 0 amide bonds. The minimum atomic E-state index is -2.40. The van der Waals surface area contributed by atoms with Crippen molar-refractivity contribution in [3.05, 3.63) is 88.6 Å². The standard InChI is InChI=1S/C35H31Cl4N5O10/c1-41-19-13-23(53-4)22(52-3)12-18(19)40-17(31(41)48)7-8-42-32(49)43-9-6-16-20(44(43)33(42)50)14-34(38)29(46)27(36)28(37)30(47)35(34,39)26(16)25-21(45)10-15(51-2)11-24(25)54-5/h6,10-13,20,26,45H,7-9,14H2,1-5H3/t20-,26-,34-,35+/m1/s1. The number of alkyl halides is 2. The highest BCUT2D eigenvalue weighted by Crippen LogP contribution is 2.65. The number of carbonyl (C=O) groups excluding carboxylic acids is 2. The lowest BCUT2D eigenvalue weighted by atomic mass is 9.59. The molecule has 15 nitrogen and oxygen atoms in total.